The number of esters is 2. The van der Waals surface area contributed by atoms with Gasteiger partial charge >= 0.3 is 17.9 Å². The SMILES string of the molecule is CCC.COC(=O)C(C)C(C)c1noc(C)c1C.COC(=O)C(C)C(C)c1noc(C)c1C.Cc1onc(C(C)C(C)C(=O)O)c1C. The number of hydrogen-bond donors (Lipinski definition) is 1. The van der Waals surface area contributed by atoms with E-state index in [0.717, 1.165) is 51.1 Å². The van der Waals surface area contributed by atoms with E-state index in [-0.39, 0.29) is 41.5 Å². The van der Waals surface area contributed by atoms with Crippen LogP contribution in [0.1, 0.15) is 131 Å². The number of aryl methyl sites for hydroxylation is 3. The first-order valence-corrected chi connectivity index (χ1v) is 16.0. The lowest BCUT2D eigenvalue weighted by Gasteiger charge is -2.15. The van der Waals surface area contributed by atoms with Gasteiger partial charge in [-0.1, -0.05) is 77.3 Å². The predicted molar refractivity (Wildman–Crippen MR) is 178 cm³/mol. The van der Waals surface area contributed by atoms with Gasteiger partial charge in [0.2, 0.25) is 0 Å². The third kappa shape index (κ3) is 12.0. The maximum Gasteiger partial charge on any atom is 0.309 e. The Hall–Kier alpha value is -3.96. The van der Waals surface area contributed by atoms with Crippen molar-refractivity contribution in [3.63, 3.8) is 0 Å². The highest BCUT2D eigenvalue weighted by Crippen LogP contribution is 2.29. The molecule has 0 spiro atoms. The summed E-state index contributed by atoms with van der Waals surface area (Å²) in [5.41, 5.74) is 5.40. The molecular formula is C35H57N3O9. The van der Waals surface area contributed by atoms with E-state index in [4.69, 9.17) is 28.1 Å². The molecule has 0 amide bonds. The quantitative estimate of drug-likeness (QED) is 0.220. The number of aromatic nitrogens is 3. The van der Waals surface area contributed by atoms with E-state index in [9.17, 15) is 14.4 Å². The summed E-state index contributed by atoms with van der Waals surface area (Å²) in [4.78, 5) is 33.5. The van der Waals surface area contributed by atoms with Crippen LogP contribution in [0.2, 0.25) is 0 Å². The molecule has 0 aliphatic heterocycles. The summed E-state index contributed by atoms with van der Waals surface area (Å²) in [6.45, 7) is 26.7. The van der Waals surface area contributed by atoms with E-state index in [2.05, 4.69) is 29.3 Å². The van der Waals surface area contributed by atoms with Gasteiger partial charge in [0.25, 0.3) is 0 Å². The van der Waals surface area contributed by atoms with Gasteiger partial charge in [-0.2, -0.15) is 0 Å². The van der Waals surface area contributed by atoms with Crippen LogP contribution >= 0.6 is 0 Å². The fourth-order valence-electron chi connectivity index (χ4n) is 4.28. The number of hydrogen-bond acceptors (Lipinski definition) is 11. The van der Waals surface area contributed by atoms with Gasteiger partial charge in [0, 0.05) is 34.4 Å². The second-order valence-corrected chi connectivity index (χ2v) is 12.1. The highest BCUT2D eigenvalue weighted by molar-refractivity contribution is 5.73. The molecule has 0 aliphatic carbocycles. The highest BCUT2D eigenvalue weighted by Gasteiger charge is 2.28. The highest BCUT2D eigenvalue weighted by atomic mass is 16.5. The topological polar surface area (TPSA) is 168 Å². The summed E-state index contributed by atoms with van der Waals surface area (Å²) >= 11 is 0. The predicted octanol–water partition coefficient (Wildman–Crippen LogP) is 7.94. The third-order valence-corrected chi connectivity index (χ3v) is 8.66. The largest absolute Gasteiger partial charge is 0.481 e. The summed E-state index contributed by atoms with van der Waals surface area (Å²) in [6.07, 6.45) is 1.25. The fraction of sp³-hybridized carbons (Fsp3) is 0.657. The maximum atomic E-state index is 11.4. The summed E-state index contributed by atoms with van der Waals surface area (Å²) in [7, 11) is 2.79. The molecule has 0 aromatic carbocycles. The molecule has 3 rings (SSSR count). The van der Waals surface area contributed by atoms with Gasteiger partial charge in [-0.25, -0.2) is 0 Å². The molecule has 0 saturated carbocycles. The lowest BCUT2D eigenvalue weighted by Crippen LogP contribution is -2.19. The lowest BCUT2D eigenvalue weighted by atomic mass is 9.91. The Balaban J connectivity index is 0.000000647. The van der Waals surface area contributed by atoms with Gasteiger partial charge in [-0.15, -0.1) is 0 Å². The van der Waals surface area contributed by atoms with Gasteiger partial charge in [-0.05, 0) is 41.5 Å². The number of methoxy groups -OCH3 is 2. The van der Waals surface area contributed by atoms with Crippen molar-refractivity contribution in [3.8, 4) is 0 Å². The Bertz CT molecular complexity index is 1330. The molecular weight excluding hydrogens is 606 g/mol. The molecule has 12 nitrogen and oxygen atoms in total. The number of nitrogens with zero attached hydrogens (tertiary/aromatic N) is 3. The van der Waals surface area contributed by atoms with Crippen molar-refractivity contribution >= 4 is 17.9 Å². The zero-order valence-electron chi connectivity index (χ0n) is 31.2. The van der Waals surface area contributed by atoms with Crippen LogP contribution in [0, 0.1) is 59.3 Å². The molecule has 1 N–H and O–H groups in total. The molecule has 3 aromatic heterocycles. The Labute approximate surface area is 279 Å². The van der Waals surface area contributed by atoms with Gasteiger partial charge in [-0.3, -0.25) is 14.4 Å². The molecule has 0 aliphatic rings. The summed E-state index contributed by atoms with van der Waals surface area (Å²) in [6, 6.07) is 0. The van der Waals surface area contributed by atoms with Crippen molar-refractivity contribution in [2.75, 3.05) is 14.2 Å². The molecule has 6 atom stereocenters. The molecule has 0 fully saturated rings. The Morgan fingerprint density at radius 1 is 0.574 bits per heavy atom. The Morgan fingerprint density at radius 2 is 0.809 bits per heavy atom. The summed E-state index contributed by atoms with van der Waals surface area (Å²) in [5, 5.41) is 20.7. The van der Waals surface area contributed by atoms with Gasteiger partial charge in [0.1, 0.15) is 17.3 Å². The second-order valence-electron chi connectivity index (χ2n) is 12.1. The first-order chi connectivity index (χ1) is 21.8. The van der Waals surface area contributed by atoms with Crippen molar-refractivity contribution in [2.45, 2.75) is 121 Å². The van der Waals surface area contributed by atoms with Crippen LogP contribution in [0.3, 0.4) is 0 Å². The number of carbonyl (C=O) groups is 3. The smallest absolute Gasteiger partial charge is 0.309 e. The minimum atomic E-state index is -0.808. The minimum absolute atomic E-state index is 0.00917. The maximum absolute atomic E-state index is 11.4. The summed E-state index contributed by atoms with van der Waals surface area (Å²) in [5.74, 6) is 0.138. The third-order valence-electron chi connectivity index (χ3n) is 8.66. The molecule has 6 unspecified atom stereocenters. The van der Waals surface area contributed by atoms with E-state index in [1.807, 2.05) is 76.2 Å². The van der Waals surface area contributed by atoms with Gasteiger partial charge in [0.15, 0.2) is 0 Å². The van der Waals surface area contributed by atoms with Crippen molar-refractivity contribution in [3.05, 3.63) is 51.1 Å². The number of aliphatic carboxylic acids is 1. The normalized spacial score (nSPS) is 14.3. The molecule has 12 heteroatoms. The zero-order chi connectivity index (χ0) is 36.8. The first-order valence-electron chi connectivity index (χ1n) is 16.0. The van der Waals surface area contributed by atoms with Crippen LogP contribution in [0.25, 0.3) is 0 Å². The lowest BCUT2D eigenvalue weighted by molar-refractivity contribution is -0.146. The minimum Gasteiger partial charge on any atom is -0.481 e. The number of rotatable bonds is 9. The molecule has 0 bridgehead atoms. The zero-order valence-corrected chi connectivity index (χ0v) is 31.2. The average molecular weight is 664 g/mol. The number of carboxylic acids is 1. The van der Waals surface area contributed by atoms with Crippen LogP contribution in [-0.2, 0) is 23.9 Å². The van der Waals surface area contributed by atoms with Crippen molar-refractivity contribution in [1.82, 2.24) is 15.5 Å². The van der Waals surface area contributed by atoms with E-state index in [1.54, 1.807) is 6.92 Å². The molecule has 47 heavy (non-hydrogen) atoms. The van der Waals surface area contributed by atoms with Crippen LogP contribution in [0.5, 0.6) is 0 Å². The number of carbonyl (C=O) groups excluding carboxylic acids is 2. The second kappa shape index (κ2) is 20.3. The van der Waals surface area contributed by atoms with Crippen LogP contribution < -0.4 is 0 Å². The van der Waals surface area contributed by atoms with Crippen molar-refractivity contribution in [2.24, 2.45) is 17.8 Å². The molecule has 3 heterocycles. The molecule has 266 valence electrons. The van der Waals surface area contributed by atoms with E-state index in [0.29, 0.717) is 0 Å². The monoisotopic (exact) mass is 663 g/mol. The Morgan fingerprint density at radius 3 is 0.979 bits per heavy atom. The van der Waals surface area contributed by atoms with Gasteiger partial charge in [0.05, 0.1) is 49.1 Å². The Kier molecular flexibility index (Phi) is 18.6. The fourth-order valence-corrected chi connectivity index (χ4v) is 4.28. The molecule has 3 aromatic rings. The standard InChI is InChI=1S/2C11H17NO3.C10H15NO3.C3H8/c2*1-6(7(2)11(13)14-5)10-8(3)9(4)15-12-10;1-5(6(2)10(12)13)9-7(3)8(4)14-11-9;1-3-2/h2*6-7H,1-5H3;5-6H,1-4H3,(H,12,13);3H2,1-2H3. The number of ether oxygens (including phenoxy) is 2. The molecule has 0 saturated heterocycles. The number of carboxylic acid groups (broad SMARTS) is 1. The first kappa shape index (κ1) is 43.0. The van der Waals surface area contributed by atoms with Crippen LogP contribution in [0.4, 0.5) is 0 Å². The van der Waals surface area contributed by atoms with E-state index in [1.165, 1.54) is 20.6 Å². The van der Waals surface area contributed by atoms with Crippen molar-refractivity contribution in [1.29, 1.82) is 0 Å². The van der Waals surface area contributed by atoms with E-state index < -0.39 is 11.9 Å². The summed E-state index contributed by atoms with van der Waals surface area (Å²) < 4.78 is 24.6. The van der Waals surface area contributed by atoms with Gasteiger partial charge < -0.3 is 28.1 Å². The molecule has 0 radical (unpaired) electrons. The van der Waals surface area contributed by atoms with Crippen LogP contribution in [-0.4, -0.2) is 52.7 Å². The van der Waals surface area contributed by atoms with Crippen LogP contribution in [0.15, 0.2) is 13.6 Å². The van der Waals surface area contributed by atoms with E-state index >= 15 is 0 Å². The van der Waals surface area contributed by atoms with Crippen molar-refractivity contribution < 1.29 is 42.5 Å². The average Bonchev–Trinajstić information content (AvgIpc) is 3.69.